The number of carbonyl (C=O) groups excluding carboxylic acids is 2. The second kappa shape index (κ2) is 6.25. The molecule has 0 spiro atoms. The molecule has 4 aliphatic rings. The van der Waals surface area contributed by atoms with Crippen LogP contribution in [0.5, 0.6) is 0 Å². The first-order valence-corrected chi connectivity index (χ1v) is 10.0. The lowest BCUT2D eigenvalue weighted by atomic mass is 9.80. The lowest BCUT2D eigenvalue weighted by Gasteiger charge is -2.46. The maximum absolute atomic E-state index is 14.6. The Hall–Kier alpha value is -2.03. The molecule has 1 aromatic rings. The molecule has 27 heavy (non-hydrogen) atoms. The molecule has 1 atom stereocenters. The number of hydrogen-bond donors (Lipinski definition) is 1. The van der Waals surface area contributed by atoms with Gasteiger partial charge in [-0.05, 0) is 38.5 Å². The molecular formula is C18H25FN6O2. The van der Waals surface area contributed by atoms with Crippen molar-refractivity contribution >= 4 is 11.8 Å². The molecule has 2 amide bonds. The van der Waals surface area contributed by atoms with Crippen molar-refractivity contribution in [2.75, 3.05) is 26.2 Å². The Bertz CT molecular complexity index is 772. The Morgan fingerprint density at radius 3 is 2.52 bits per heavy atom. The van der Waals surface area contributed by atoms with Gasteiger partial charge in [0.1, 0.15) is 0 Å². The van der Waals surface area contributed by atoms with Gasteiger partial charge in [-0.2, -0.15) is 0 Å². The van der Waals surface area contributed by atoms with E-state index in [1.54, 1.807) is 4.90 Å². The summed E-state index contributed by atoms with van der Waals surface area (Å²) in [5.41, 5.74) is -1.67. The number of carbonyl (C=O) groups is 2. The minimum Gasteiger partial charge on any atom is -0.347 e. The van der Waals surface area contributed by atoms with Gasteiger partial charge in [0.15, 0.2) is 11.5 Å². The summed E-state index contributed by atoms with van der Waals surface area (Å²) in [5, 5.41) is 11.4. The zero-order valence-corrected chi connectivity index (χ0v) is 15.4. The van der Waals surface area contributed by atoms with E-state index in [4.69, 9.17) is 0 Å². The van der Waals surface area contributed by atoms with Gasteiger partial charge in [0.05, 0.1) is 6.04 Å². The molecule has 2 aliphatic heterocycles. The molecule has 0 unspecified atom stereocenters. The molecule has 5 rings (SSSR count). The second-order valence-corrected chi connectivity index (χ2v) is 8.26. The largest absolute Gasteiger partial charge is 0.347 e. The molecule has 1 N–H and O–H groups in total. The lowest BCUT2D eigenvalue weighted by Crippen LogP contribution is -2.58. The van der Waals surface area contributed by atoms with Crippen LogP contribution in [0.4, 0.5) is 4.39 Å². The third kappa shape index (κ3) is 2.74. The average molecular weight is 376 g/mol. The quantitative estimate of drug-likeness (QED) is 0.838. The van der Waals surface area contributed by atoms with Crippen LogP contribution in [0.2, 0.25) is 0 Å². The summed E-state index contributed by atoms with van der Waals surface area (Å²) < 4.78 is 16.5. The molecule has 1 saturated heterocycles. The molecule has 1 aromatic heterocycles. The van der Waals surface area contributed by atoms with Gasteiger partial charge in [0.2, 0.25) is 5.82 Å². The van der Waals surface area contributed by atoms with Crippen LogP contribution in [0.3, 0.4) is 0 Å². The van der Waals surface area contributed by atoms with Gasteiger partial charge in [-0.25, -0.2) is 4.39 Å². The van der Waals surface area contributed by atoms with Crippen LogP contribution in [-0.4, -0.2) is 74.3 Å². The maximum atomic E-state index is 14.6. The summed E-state index contributed by atoms with van der Waals surface area (Å²) in [5.74, 6) is 0.501. The molecule has 2 aliphatic carbocycles. The van der Waals surface area contributed by atoms with Crippen molar-refractivity contribution in [3.05, 3.63) is 11.6 Å². The van der Waals surface area contributed by atoms with Crippen molar-refractivity contribution in [2.24, 2.45) is 0 Å². The Kier molecular flexibility index (Phi) is 3.96. The summed E-state index contributed by atoms with van der Waals surface area (Å²) in [6.07, 6.45) is 4.63. The van der Waals surface area contributed by atoms with Gasteiger partial charge < -0.3 is 14.8 Å². The normalized spacial score (nSPS) is 27.1. The van der Waals surface area contributed by atoms with Gasteiger partial charge in [0, 0.05) is 38.8 Å². The van der Waals surface area contributed by atoms with Crippen molar-refractivity contribution in [2.45, 2.75) is 62.8 Å². The SMILES string of the molecule is O=C(NC1CCC1)c1nnc2n1CCN1CCN(C(=O)C3(F)CCC3)C[C@@H]21. The number of halogens is 1. The smallest absolute Gasteiger partial charge is 0.289 e. The highest BCUT2D eigenvalue weighted by Gasteiger charge is 2.49. The first-order chi connectivity index (χ1) is 13.0. The van der Waals surface area contributed by atoms with Crippen LogP contribution >= 0.6 is 0 Å². The number of amides is 2. The van der Waals surface area contributed by atoms with E-state index in [1.165, 1.54) is 0 Å². The zero-order chi connectivity index (χ0) is 18.6. The number of fused-ring (bicyclic) bond motifs is 3. The Balaban J connectivity index is 1.34. The molecule has 0 aromatic carbocycles. The molecule has 146 valence electrons. The highest BCUT2D eigenvalue weighted by atomic mass is 19.1. The van der Waals surface area contributed by atoms with Crippen LogP contribution in [0.25, 0.3) is 0 Å². The molecule has 0 radical (unpaired) electrons. The predicted octanol–water partition coefficient (Wildman–Crippen LogP) is 0.651. The zero-order valence-electron chi connectivity index (χ0n) is 15.4. The summed E-state index contributed by atoms with van der Waals surface area (Å²) >= 11 is 0. The van der Waals surface area contributed by atoms with E-state index in [0.717, 1.165) is 32.2 Å². The fraction of sp³-hybridized carbons (Fsp3) is 0.778. The molecule has 3 heterocycles. The number of nitrogens with one attached hydrogen (secondary N) is 1. The Morgan fingerprint density at radius 1 is 1.07 bits per heavy atom. The van der Waals surface area contributed by atoms with E-state index < -0.39 is 5.67 Å². The molecule has 9 heteroatoms. The fourth-order valence-electron chi connectivity index (χ4n) is 4.48. The molecule has 0 bridgehead atoms. The summed E-state index contributed by atoms with van der Waals surface area (Å²) in [4.78, 5) is 29.0. The standard InChI is InChI=1S/C18H25FN6O2/c19-18(5-2-6-18)17(27)24-8-7-23-9-10-25-14(13(23)11-24)21-22-15(25)16(26)20-12-3-1-4-12/h12-13H,1-11H2,(H,20,26)/t13-/m0/s1. The van der Waals surface area contributed by atoms with E-state index in [1.807, 2.05) is 4.57 Å². The highest BCUT2D eigenvalue weighted by molar-refractivity contribution is 5.91. The molecule has 8 nitrogen and oxygen atoms in total. The van der Waals surface area contributed by atoms with Gasteiger partial charge in [-0.1, -0.05) is 0 Å². The Labute approximate surface area is 157 Å². The minimum atomic E-state index is -1.67. The summed E-state index contributed by atoms with van der Waals surface area (Å²) in [6.45, 7) is 3.09. The summed E-state index contributed by atoms with van der Waals surface area (Å²) in [7, 11) is 0. The van der Waals surface area contributed by atoms with E-state index in [2.05, 4.69) is 20.4 Å². The minimum absolute atomic E-state index is 0.127. The maximum Gasteiger partial charge on any atom is 0.289 e. The third-order valence-corrected chi connectivity index (χ3v) is 6.64. The van der Waals surface area contributed by atoms with E-state index in [-0.39, 0.29) is 23.9 Å². The van der Waals surface area contributed by atoms with Gasteiger partial charge >= 0.3 is 0 Å². The van der Waals surface area contributed by atoms with E-state index in [9.17, 15) is 14.0 Å². The van der Waals surface area contributed by atoms with Gasteiger partial charge in [0.25, 0.3) is 11.8 Å². The molecule has 3 fully saturated rings. The predicted molar refractivity (Wildman–Crippen MR) is 93.7 cm³/mol. The van der Waals surface area contributed by atoms with Crippen molar-refractivity contribution in [1.29, 1.82) is 0 Å². The van der Waals surface area contributed by atoms with Crippen LogP contribution < -0.4 is 5.32 Å². The first kappa shape index (κ1) is 17.1. The lowest BCUT2D eigenvalue weighted by molar-refractivity contribution is -0.153. The van der Waals surface area contributed by atoms with E-state index >= 15 is 0 Å². The number of alkyl halides is 1. The molecule has 2 saturated carbocycles. The van der Waals surface area contributed by atoms with Crippen molar-refractivity contribution in [1.82, 2.24) is 29.9 Å². The van der Waals surface area contributed by atoms with Crippen LogP contribution in [-0.2, 0) is 11.3 Å². The number of rotatable bonds is 3. The topological polar surface area (TPSA) is 83.4 Å². The van der Waals surface area contributed by atoms with Crippen LogP contribution in [0.1, 0.15) is 61.0 Å². The number of piperazine rings is 1. The average Bonchev–Trinajstić information content (AvgIpc) is 3.06. The second-order valence-electron chi connectivity index (χ2n) is 8.26. The van der Waals surface area contributed by atoms with Crippen LogP contribution in [0.15, 0.2) is 0 Å². The molecular weight excluding hydrogens is 351 g/mol. The van der Waals surface area contributed by atoms with Crippen LogP contribution in [0, 0.1) is 0 Å². The summed E-state index contributed by atoms with van der Waals surface area (Å²) in [6, 6.07) is 0.120. The monoisotopic (exact) mass is 376 g/mol. The number of nitrogens with zero attached hydrogens (tertiary/aromatic N) is 5. The van der Waals surface area contributed by atoms with Gasteiger partial charge in [-0.3, -0.25) is 14.5 Å². The van der Waals surface area contributed by atoms with Crippen molar-refractivity contribution in [3.63, 3.8) is 0 Å². The number of hydrogen-bond acceptors (Lipinski definition) is 5. The van der Waals surface area contributed by atoms with Crippen molar-refractivity contribution in [3.8, 4) is 0 Å². The van der Waals surface area contributed by atoms with Crippen molar-refractivity contribution < 1.29 is 14.0 Å². The fourth-order valence-corrected chi connectivity index (χ4v) is 4.48. The van der Waals surface area contributed by atoms with E-state index in [0.29, 0.717) is 50.7 Å². The highest BCUT2D eigenvalue weighted by Crippen LogP contribution is 2.39. The number of aromatic nitrogens is 3. The Morgan fingerprint density at radius 2 is 1.85 bits per heavy atom. The first-order valence-electron chi connectivity index (χ1n) is 10.0. The van der Waals surface area contributed by atoms with Gasteiger partial charge in [-0.15, -0.1) is 10.2 Å². The third-order valence-electron chi connectivity index (χ3n) is 6.64.